The summed E-state index contributed by atoms with van der Waals surface area (Å²) in [7, 11) is 0. The molecule has 1 N–H and O–H groups in total. The number of carbonyl (C=O) groups excluding carboxylic acids is 1. The number of benzene rings is 1. The number of amides is 1. The van der Waals surface area contributed by atoms with E-state index < -0.39 is 0 Å². The van der Waals surface area contributed by atoms with Crippen molar-refractivity contribution in [2.45, 2.75) is 25.8 Å². The third kappa shape index (κ3) is 2.07. The molecule has 0 spiro atoms. The summed E-state index contributed by atoms with van der Waals surface area (Å²) in [6.45, 7) is 5.34. The van der Waals surface area contributed by atoms with Gasteiger partial charge in [-0.3, -0.25) is 4.90 Å². The predicted octanol–water partition coefficient (Wildman–Crippen LogP) is 2.94. The number of hydrogen-bond donors (Lipinski definition) is 1. The van der Waals surface area contributed by atoms with E-state index in [1.165, 1.54) is 10.9 Å². The van der Waals surface area contributed by atoms with Crippen molar-refractivity contribution < 1.29 is 9.53 Å². The van der Waals surface area contributed by atoms with Crippen molar-refractivity contribution in [1.29, 1.82) is 0 Å². The van der Waals surface area contributed by atoms with Crippen molar-refractivity contribution in [3.8, 4) is 0 Å². The molecule has 1 amide bonds. The molecule has 1 aromatic carbocycles. The Labute approximate surface area is 112 Å². The van der Waals surface area contributed by atoms with Crippen LogP contribution in [-0.2, 0) is 11.2 Å². The van der Waals surface area contributed by atoms with Crippen LogP contribution in [0.15, 0.2) is 30.5 Å². The maximum atomic E-state index is 11.7. The van der Waals surface area contributed by atoms with Gasteiger partial charge in [-0.25, -0.2) is 4.79 Å². The molecule has 19 heavy (non-hydrogen) atoms. The van der Waals surface area contributed by atoms with Crippen LogP contribution in [0.2, 0.25) is 0 Å². The zero-order valence-corrected chi connectivity index (χ0v) is 11.3. The number of aromatic nitrogens is 1. The number of cyclic esters (lactones) is 1. The van der Waals surface area contributed by atoms with Gasteiger partial charge < -0.3 is 9.72 Å². The third-order valence-electron chi connectivity index (χ3n) is 3.79. The van der Waals surface area contributed by atoms with Gasteiger partial charge in [-0.15, -0.1) is 0 Å². The van der Waals surface area contributed by atoms with Crippen LogP contribution in [0.1, 0.15) is 19.4 Å². The van der Waals surface area contributed by atoms with Gasteiger partial charge in [0.2, 0.25) is 0 Å². The van der Waals surface area contributed by atoms with Crippen molar-refractivity contribution in [2.75, 3.05) is 13.2 Å². The van der Waals surface area contributed by atoms with Crippen LogP contribution >= 0.6 is 0 Å². The van der Waals surface area contributed by atoms with Gasteiger partial charge in [-0.2, -0.15) is 0 Å². The lowest BCUT2D eigenvalue weighted by molar-refractivity contribution is 0.126. The number of nitrogens with one attached hydrogen (secondary N) is 1. The number of ether oxygens (including phenoxy) is 1. The highest BCUT2D eigenvalue weighted by Crippen LogP contribution is 2.27. The molecule has 0 atom stereocenters. The summed E-state index contributed by atoms with van der Waals surface area (Å²) in [6.07, 6.45) is 2.64. The zero-order valence-electron chi connectivity index (χ0n) is 11.3. The van der Waals surface area contributed by atoms with E-state index >= 15 is 0 Å². The maximum Gasteiger partial charge on any atom is 0.410 e. The molecule has 0 radical (unpaired) electrons. The second-order valence-corrected chi connectivity index (χ2v) is 5.61. The molecular weight excluding hydrogens is 240 g/mol. The molecule has 0 saturated carbocycles. The molecular formula is C15H18N2O2. The first-order valence-corrected chi connectivity index (χ1v) is 6.57. The summed E-state index contributed by atoms with van der Waals surface area (Å²) in [4.78, 5) is 16.8. The first-order chi connectivity index (χ1) is 9.08. The molecule has 2 heterocycles. The van der Waals surface area contributed by atoms with Gasteiger partial charge in [0.15, 0.2) is 0 Å². The van der Waals surface area contributed by atoms with Crippen LogP contribution in [0.5, 0.6) is 0 Å². The Balaban J connectivity index is 1.89. The van der Waals surface area contributed by atoms with Crippen molar-refractivity contribution >= 4 is 17.0 Å². The molecule has 0 bridgehead atoms. The summed E-state index contributed by atoms with van der Waals surface area (Å²) in [5.74, 6) is 0. The minimum absolute atomic E-state index is 0.204. The van der Waals surface area contributed by atoms with Gasteiger partial charge in [0, 0.05) is 22.6 Å². The van der Waals surface area contributed by atoms with E-state index in [4.69, 9.17) is 4.74 Å². The lowest BCUT2D eigenvalue weighted by Gasteiger charge is -2.33. The lowest BCUT2D eigenvalue weighted by atomic mass is 9.93. The van der Waals surface area contributed by atoms with Crippen LogP contribution in [-0.4, -0.2) is 34.7 Å². The first kappa shape index (κ1) is 12.1. The number of hydrogen-bond acceptors (Lipinski definition) is 2. The second-order valence-electron chi connectivity index (χ2n) is 5.61. The highest BCUT2D eigenvalue weighted by atomic mass is 16.6. The van der Waals surface area contributed by atoms with Crippen LogP contribution in [0.25, 0.3) is 10.9 Å². The molecule has 1 aliphatic rings. The monoisotopic (exact) mass is 258 g/mol. The van der Waals surface area contributed by atoms with Gasteiger partial charge in [0.05, 0.1) is 6.54 Å². The SMILES string of the molecule is CC(C)(Cc1c[nH]c2ccccc12)N1CCOC1=O. The smallest absolute Gasteiger partial charge is 0.410 e. The van der Waals surface area contributed by atoms with Gasteiger partial charge in [0.25, 0.3) is 0 Å². The predicted molar refractivity (Wildman–Crippen MR) is 74.1 cm³/mol. The van der Waals surface area contributed by atoms with E-state index in [1.807, 2.05) is 23.2 Å². The summed E-state index contributed by atoms with van der Waals surface area (Å²) >= 11 is 0. The molecule has 100 valence electrons. The highest BCUT2D eigenvalue weighted by molar-refractivity contribution is 5.83. The lowest BCUT2D eigenvalue weighted by Crippen LogP contribution is -2.46. The van der Waals surface area contributed by atoms with E-state index in [9.17, 15) is 4.79 Å². The molecule has 1 saturated heterocycles. The number of carbonyl (C=O) groups is 1. The van der Waals surface area contributed by atoms with Gasteiger partial charge in [-0.1, -0.05) is 18.2 Å². The fraction of sp³-hybridized carbons (Fsp3) is 0.400. The Morgan fingerprint density at radius 3 is 2.89 bits per heavy atom. The van der Waals surface area contributed by atoms with E-state index in [2.05, 4.69) is 31.0 Å². The first-order valence-electron chi connectivity index (χ1n) is 6.57. The third-order valence-corrected chi connectivity index (χ3v) is 3.79. The largest absolute Gasteiger partial charge is 0.448 e. The molecule has 2 aromatic rings. The Morgan fingerprint density at radius 2 is 2.16 bits per heavy atom. The Hall–Kier alpha value is -1.97. The van der Waals surface area contributed by atoms with Crippen molar-refractivity contribution in [3.05, 3.63) is 36.0 Å². The van der Waals surface area contributed by atoms with E-state index in [0.717, 1.165) is 11.9 Å². The molecule has 1 aliphatic heterocycles. The average Bonchev–Trinajstić information content (AvgIpc) is 2.97. The molecule has 0 unspecified atom stereocenters. The minimum atomic E-state index is -0.238. The van der Waals surface area contributed by atoms with Crippen LogP contribution < -0.4 is 0 Å². The number of aromatic amines is 1. The summed E-state index contributed by atoms with van der Waals surface area (Å²) < 4.78 is 5.04. The zero-order chi connectivity index (χ0) is 13.5. The van der Waals surface area contributed by atoms with Crippen molar-refractivity contribution in [3.63, 3.8) is 0 Å². The quantitative estimate of drug-likeness (QED) is 0.920. The molecule has 1 aromatic heterocycles. The fourth-order valence-corrected chi connectivity index (χ4v) is 2.78. The Bertz CT molecular complexity index is 615. The molecule has 4 nitrogen and oxygen atoms in total. The normalized spacial score (nSPS) is 16.1. The molecule has 0 aliphatic carbocycles. The van der Waals surface area contributed by atoms with E-state index in [-0.39, 0.29) is 11.6 Å². The van der Waals surface area contributed by atoms with Crippen LogP contribution in [0.3, 0.4) is 0 Å². The van der Waals surface area contributed by atoms with Gasteiger partial charge >= 0.3 is 6.09 Å². The number of fused-ring (bicyclic) bond motifs is 1. The summed E-state index contributed by atoms with van der Waals surface area (Å²) in [5.41, 5.74) is 2.14. The highest BCUT2D eigenvalue weighted by Gasteiger charge is 2.36. The standard InChI is InChI=1S/C15H18N2O2/c1-15(2,17-7-8-19-14(17)18)9-11-10-16-13-6-4-3-5-12(11)13/h3-6,10,16H,7-9H2,1-2H3. The van der Waals surface area contributed by atoms with Crippen molar-refractivity contribution in [1.82, 2.24) is 9.88 Å². The van der Waals surface area contributed by atoms with Crippen LogP contribution in [0.4, 0.5) is 4.79 Å². The van der Waals surface area contributed by atoms with Gasteiger partial charge in [-0.05, 0) is 31.9 Å². The molecule has 3 rings (SSSR count). The molecule has 4 heteroatoms. The van der Waals surface area contributed by atoms with E-state index in [1.54, 1.807) is 0 Å². The number of para-hydroxylation sites is 1. The Morgan fingerprint density at radius 1 is 1.37 bits per heavy atom. The average molecular weight is 258 g/mol. The Kier molecular flexibility index (Phi) is 2.73. The summed E-state index contributed by atoms with van der Waals surface area (Å²) in [5, 5.41) is 1.23. The van der Waals surface area contributed by atoms with E-state index in [0.29, 0.717) is 13.2 Å². The molecule has 1 fully saturated rings. The number of nitrogens with zero attached hydrogens (tertiary/aromatic N) is 1. The number of H-pyrrole nitrogens is 1. The summed E-state index contributed by atoms with van der Waals surface area (Å²) in [6, 6.07) is 8.23. The number of rotatable bonds is 3. The minimum Gasteiger partial charge on any atom is -0.448 e. The fourth-order valence-electron chi connectivity index (χ4n) is 2.78. The second kappa shape index (κ2) is 4.30. The van der Waals surface area contributed by atoms with Crippen LogP contribution in [0, 0.1) is 0 Å². The van der Waals surface area contributed by atoms with Crippen molar-refractivity contribution in [2.24, 2.45) is 0 Å². The maximum absolute atomic E-state index is 11.7. The topological polar surface area (TPSA) is 45.3 Å². The van der Waals surface area contributed by atoms with Gasteiger partial charge in [0.1, 0.15) is 6.61 Å².